The maximum atomic E-state index is 11.8. The third kappa shape index (κ3) is 2.94. The van der Waals surface area contributed by atoms with Crippen LogP contribution in [0.15, 0.2) is 18.2 Å². The minimum Gasteiger partial charge on any atom is -0.399 e. The Kier molecular flexibility index (Phi) is 3.75. The van der Waals surface area contributed by atoms with Crippen LogP contribution in [0.5, 0.6) is 0 Å². The van der Waals surface area contributed by atoms with Crippen molar-refractivity contribution in [2.24, 2.45) is 5.92 Å². The molecule has 1 heterocycles. The summed E-state index contributed by atoms with van der Waals surface area (Å²) < 4.78 is 0. The van der Waals surface area contributed by atoms with E-state index in [1.165, 1.54) is 5.56 Å². The molecule has 2 rings (SSSR count). The summed E-state index contributed by atoms with van der Waals surface area (Å²) in [5.74, 6) is 0.577. The maximum absolute atomic E-state index is 11.8. The van der Waals surface area contributed by atoms with E-state index in [0.29, 0.717) is 12.5 Å². The Morgan fingerprint density at radius 3 is 3.00 bits per heavy atom. The number of benzene rings is 1. The van der Waals surface area contributed by atoms with Crippen LogP contribution in [0.1, 0.15) is 19.4 Å². The van der Waals surface area contributed by atoms with Gasteiger partial charge in [0.05, 0.1) is 6.54 Å². The molecule has 0 spiro atoms. The van der Waals surface area contributed by atoms with E-state index in [2.05, 4.69) is 24.1 Å². The summed E-state index contributed by atoms with van der Waals surface area (Å²) in [7, 11) is 0. The first-order valence-corrected chi connectivity index (χ1v) is 6.46. The van der Waals surface area contributed by atoms with E-state index in [-0.39, 0.29) is 5.91 Å². The molecule has 0 fully saturated rings. The van der Waals surface area contributed by atoms with Crippen molar-refractivity contribution < 1.29 is 4.79 Å². The van der Waals surface area contributed by atoms with Gasteiger partial charge < -0.3 is 16.0 Å². The van der Waals surface area contributed by atoms with E-state index < -0.39 is 0 Å². The van der Waals surface area contributed by atoms with Gasteiger partial charge in [0.25, 0.3) is 0 Å². The van der Waals surface area contributed by atoms with E-state index >= 15 is 0 Å². The zero-order chi connectivity index (χ0) is 13.1. The first kappa shape index (κ1) is 12.7. The first-order chi connectivity index (χ1) is 8.56. The molecule has 4 heteroatoms. The van der Waals surface area contributed by atoms with Gasteiger partial charge in [-0.15, -0.1) is 0 Å². The Morgan fingerprint density at radius 1 is 1.50 bits per heavy atom. The highest BCUT2D eigenvalue weighted by atomic mass is 16.2. The van der Waals surface area contributed by atoms with E-state index in [0.717, 1.165) is 30.9 Å². The lowest BCUT2D eigenvalue weighted by Gasteiger charge is -2.19. The molecule has 1 aromatic rings. The fourth-order valence-electron chi connectivity index (χ4n) is 2.20. The Balaban J connectivity index is 1.95. The van der Waals surface area contributed by atoms with Crippen LogP contribution < -0.4 is 16.0 Å². The summed E-state index contributed by atoms with van der Waals surface area (Å²) in [6.45, 7) is 6.25. The number of nitrogen functional groups attached to an aromatic ring is 1. The van der Waals surface area contributed by atoms with Gasteiger partial charge in [0.15, 0.2) is 0 Å². The van der Waals surface area contributed by atoms with Gasteiger partial charge in [-0.1, -0.05) is 13.8 Å². The maximum Gasteiger partial charge on any atom is 0.239 e. The zero-order valence-corrected chi connectivity index (χ0v) is 11.1. The molecule has 18 heavy (non-hydrogen) atoms. The number of anilines is 2. The summed E-state index contributed by atoms with van der Waals surface area (Å²) >= 11 is 0. The molecule has 3 N–H and O–H groups in total. The molecule has 0 radical (unpaired) electrons. The van der Waals surface area contributed by atoms with Crippen molar-refractivity contribution in [3.8, 4) is 0 Å². The van der Waals surface area contributed by atoms with E-state index in [1.54, 1.807) is 0 Å². The Hall–Kier alpha value is -1.71. The number of hydrogen-bond acceptors (Lipinski definition) is 3. The molecule has 1 amide bonds. The number of carbonyl (C=O) groups excluding carboxylic acids is 1. The second kappa shape index (κ2) is 5.29. The summed E-state index contributed by atoms with van der Waals surface area (Å²) in [6.07, 6.45) is 0.970. The Labute approximate surface area is 108 Å². The summed E-state index contributed by atoms with van der Waals surface area (Å²) in [6, 6.07) is 5.90. The molecule has 4 nitrogen and oxygen atoms in total. The van der Waals surface area contributed by atoms with E-state index in [9.17, 15) is 4.79 Å². The topological polar surface area (TPSA) is 58.4 Å². The van der Waals surface area contributed by atoms with E-state index in [4.69, 9.17) is 5.73 Å². The molecule has 0 saturated heterocycles. The van der Waals surface area contributed by atoms with Gasteiger partial charge in [0.2, 0.25) is 5.91 Å². The van der Waals surface area contributed by atoms with Gasteiger partial charge in [-0.2, -0.15) is 0 Å². The SMILES string of the molecule is CC(C)CNC(=O)CN1CCc2cc(N)ccc21. The molecular weight excluding hydrogens is 226 g/mol. The molecule has 0 aliphatic carbocycles. The third-order valence-corrected chi connectivity index (χ3v) is 3.14. The lowest BCUT2D eigenvalue weighted by Crippen LogP contribution is -2.37. The zero-order valence-electron chi connectivity index (χ0n) is 11.1. The number of nitrogens with two attached hydrogens (primary N) is 1. The predicted octanol–water partition coefficient (Wildman–Crippen LogP) is 1.40. The van der Waals surface area contributed by atoms with Crippen molar-refractivity contribution in [1.82, 2.24) is 5.32 Å². The summed E-state index contributed by atoms with van der Waals surface area (Å²) in [5.41, 5.74) is 8.94. The quantitative estimate of drug-likeness (QED) is 0.791. The number of amides is 1. The second-order valence-corrected chi connectivity index (χ2v) is 5.26. The molecule has 0 aromatic heterocycles. The minimum atomic E-state index is 0.0911. The largest absolute Gasteiger partial charge is 0.399 e. The number of nitrogens with one attached hydrogen (secondary N) is 1. The summed E-state index contributed by atoms with van der Waals surface area (Å²) in [5, 5.41) is 2.95. The number of fused-ring (bicyclic) bond motifs is 1. The molecule has 0 saturated carbocycles. The molecule has 0 unspecified atom stereocenters. The highest BCUT2D eigenvalue weighted by Crippen LogP contribution is 2.29. The highest BCUT2D eigenvalue weighted by molar-refractivity contribution is 5.82. The van der Waals surface area contributed by atoms with Crippen LogP contribution in [0, 0.1) is 5.92 Å². The summed E-state index contributed by atoms with van der Waals surface area (Å²) in [4.78, 5) is 13.9. The molecule has 0 bridgehead atoms. The normalized spacial score (nSPS) is 13.8. The number of nitrogens with zero attached hydrogens (tertiary/aromatic N) is 1. The second-order valence-electron chi connectivity index (χ2n) is 5.26. The lowest BCUT2D eigenvalue weighted by atomic mass is 10.1. The van der Waals surface area contributed by atoms with E-state index in [1.807, 2.05) is 18.2 Å². The van der Waals surface area contributed by atoms with Crippen molar-refractivity contribution >= 4 is 17.3 Å². The van der Waals surface area contributed by atoms with Gasteiger partial charge >= 0.3 is 0 Å². The van der Waals surface area contributed by atoms with Gasteiger partial charge in [0, 0.05) is 24.5 Å². The standard InChI is InChI=1S/C14H21N3O/c1-10(2)8-16-14(18)9-17-6-5-11-7-12(15)3-4-13(11)17/h3-4,7,10H,5-6,8-9,15H2,1-2H3,(H,16,18). The Bertz CT molecular complexity index is 443. The van der Waals surface area contributed by atoms with Crippen LogP contribution in [-0.4, -0.2) is 25.5 Å². The molecule has 1 aliphatic heterocycles. The van der Waals surface area contributed by atoms with Crippen molar-refractivity contribution in [1.29, 1.82) is 0 Å². The average Bonchev–Trinajstić information content (AvgIpc) is 2.69. The molecule has 98 valence electrons. The monoisotopic (exact) mass is 247 g/mol. The number of carbonyl (C=O) groups is 1. The number of rotatable bonds is 4. The van der Waals surface area contributed by atoms with Crippen LogP contribution in [-0.2, 0) is 11.2 Å². The highest BCUT2D eigenvalue weighted by Gasteiger charge is 2.20. The van der Waals surface area contributed by atoms with Gasteiger partial charge in [-0.3, -0.25) is 4.79 Å². The molecule has 0 atom stereocenters. The van der Waals surface area contributed by atoms with Crippen molar-refractivity contribution in [3.05, 3.63) is 23.8 Å². The Morgan fingerprint density at radius 2 is 2.28 bits per heavy atom. The van der Waals surface area contributed by atoms with Crippen LogP contribution in [0.3, 0.4) is 0 Å². The van der Waals surface area contributed by atoms with Crippen LogP contribution in [0.2, 0.25) is 0 Å². The van der Waals surface area contributed by atoms with Gasteiger partial charge in [-0.25, -0.2) is 0 Å². The third-order valence-electron chi connectivity index (χ3n) is 3.14. The number of hydrogen-bond donors (Lipinski definition) is 2. The van der Waals surface area contributed by atoms with Crippen LogP contribution in [0.25, 0.3) is 0 Å². The van der Waals surface area contributed by atoms with Crippen molar-refractivity contribution in [3.63, 3.8) is 0 Å². The van der Waals surface area contributed by atoms with Gasteiger partial charge in [0.1, 0.15) is 0 Å². The predicted molar refractivity (Wildman–Crippen MR) is 74.6 cm³/mol. The fourth-order valence-corrected chi connectivity index (χ4v) is 2.20. The average molecular weight is 247 g/mol. The van der Waals surface area contributed by atoms with Gasteiger partial charge in [-0.05, 0) is 36.1 Å². The first-order valence-electron chi connectivity index (χ1n) is 6.46. The minimum absolute atomic E-state index is 0.0911. The van der Waals surface area contributed by atoms with Crippen LogP contribution >= 0.6 is 0 Å². The lowest BCUT2D eigenvalue weighted by molar-refractivity contribution is -0.119. The van der Waals surface area contributed by atoms with Crippen molar-refractivity contribution in [2.75, 3.05) is 30.3 Å². The van der Waals surface area contributed by atoms with Crippen molar-refractivity contribution in [2.45, 2.75) is 20.3 Å². The smallest absolute Gasteiger partial charge is 0.239 e. The molecular formula is C14H21N3O. The molecule has 1 aliphatic rings. The van der Waals surface area contributed by atoms with Crippen LogP contribution in [0.4, 0.5) is 11.4 Å². The molecule has 1 aromatic carbocycles. The fraction of sp³-hybridized carbons (Fsp3) is 0.500.